The number of rotatable bonds is 3. The summed E-state index contributed by atoms with van der Waals surface area (Å²) in [4.78, 5) is 0.181. The number of hydrogen-bond donors (Lipinski definition) is 0. The second-order valence-corrected chi connectivity index (χ2v) is 9.55. The van der Waals surface area contributed by atoms with Crippen LogP contribution < -0.4 is 4.31 Å². The molecule has 0 atom stereocenters. The van der Waals surface area contributed by atoms with Crippen molar-refractivity contribution in [1.29, 1.82) is 0 Å². The molecule has 0 aliphatic carbocycles. The SMILES string of the molecule is Cc1c2c(nn1Cc1cn(-c3cccc(C(F)(F)F)c3)nn1)-c1ccccc1S(=O)(=O)N2C. The first kappa shape index (κ1) is 21.2. The summed E-state index contributed by atoms with van der Waals surface area (Å²) in [7, 11) is -2.23. The molecule has 0 bridgehead atoms. The van der Waals surface area contributed by atoms with E-state index in [4.69, 9.17) is 0 Å². The Morgan fingerprint density at radius 1 is 1.06 bits per heavy atom. The van der Waals surface area contributed by atoms with E-state index >= 15 is 0 Å². The molecule has 0 unspecified atom stereocenters. The van der Waals surface area contributed by atoms with Crippen LogP contribution in [0.4, 0.5) is 18.9 Å². The molecule has 4 aromatic rings. The van der Waals surface area contributed by atoms with Crippen LogP contribution in [-0.2, 0) is 22.7 Å². The average molecular weight is 474 g/mol. The summed E-state index contributed by atoms with van der Waals surface area (Å²) in [5, 5.41) is 12.6. The summed E-state index contributed by atoms with van der Waals surface area (Å²) < 4.78 is 69.0. The van der Waals surface area contributed by atoms with Crippen molar-refractivity contribution in [3.8, 4) is 16.9 Å². The van der Waals surface area contributed by atoms with Gasteiger partial charge in [-0.2, -0.15) is 18.3 Å². The van der Waals surface area contributed by atoms with Crippen molar-refractivity contribution in [2.45, 2.75) is 24.5 Å². The molecule has 170 valence electrons. The molecule has 0 saturated heterocycles. The van der Waals surface area contributed by atoms with Gasteiger partial charge in [0.15, 0.2) is 0 Å². The van der Waals surface area contributed by atoms with Gasteiger partial charge in [0, 0.05) is 12.6 Å². The van der Waals surface area contributed by atoms with Crippen LogP contribution >= 0.6 is 0 Å². The van der Waals surface area contributed by atoms with Crippen LogP contribution in [0.3, 0.4) is 0 Å². The van der Waals surface area contributed by atoms with Crippen molar-refractivity contribution in [3.63, 3.8) is 0 Å². The molecule has 5 rings (SSSR count). The predicted octanol–water partition coefficient (Wildman–Crippen LogP) is 3.64. The molecule has 3 heterocycles. The third-order valence-corrected chi connectivity index (χ3v) is 7.38. The quantitative estimate of drug-likeness (QED) is 0.453. The van der Waals surface area contributed by atoms with Gasteiger partial charge in [0.1, 0.15) is 17.1 Å². The van der Waals surface area contributed by atoms with Gasteiger partial charge in [0.2, 0.25) is 0 Å². The van der Waals surface area contributed by atoms with Crippen molar-refractivity contribution >= 4 is 15.7 Å². The minimum atomic E-state index is -4.46. The third-order valence-electron chi connectivity index (χ3n) is 5.56. The summed E-state index contributed by atoms with van der Waals surface area (Å²) >= 11 is 0. The van der Waals surface area contributed by atoms with Crippen LogP contribution in [0, 0.1) is 6.92 Å². The molecule has 1 aliphatic heterocycles. The van der Waals surface area contributed by atoms with Crippen molar-refractivity contribution in [3.05, 3.63) is 71.7 Å². The molecule has 0 saturated carbocycles. The second-order valence-electron chi connectivity index (χ2n) is 7.61. The van der Waals surface area contributed by atoms with E-state index < -0.39 is 21.8 Å². The number of hydrogen-bond acceptors (Lipinski definition) is 5. The fourth-order valence-electron chi connectivity index (χ4n) is 3.88. The Bertz CT molecular complexity index is 1490. The van der Waals surface area contributed by atoms with Crippen LogP contribution in [0.15, 0.2) is 59.6 Å². The van der Waals surface area contributed by atoms with Crippen LogP contribution in [0.5, 0.6) is 0 Å². The summed E-state index contributed by atoms with van der Waals surface area (Å²) in [6, 6.07) is 11.4. The fourth-order valence-corrected chi connectivity index (χ4v) is 5.33. The molecule has 2 aromatic heterocycles. The maximum absolute atomic E-state index is 13.0. The molecule has 12 heteroatoms. The number of alkyl halides is 3. The first-order chi connectivity index (χ1) is 15.6. The van der Waals surface area contributed by atoms with E-state index in [1.807, 2.05) is 0 Å². The highest BCUT2D eigenvalue weighted by Gasteiger charge is 2.36. The zero-order chi connectivity index (χ0) is 23.5. The molecule has 0 spiro atoms. The largest absolute Gasteiger partial charge is 0.416 e. The number of benzene rings is 2. The van der Waals surface area contributed by atoms with Crippen molar-refractivity contribution in [1.82, 2.24) is 24.8 Å². The van der Waals surface area contributed by atoms with E-state index in [1.54, 1.807) is 35.9 Å². The van der Waals surface area contributed by atoms with E-state index in [9.17, 15) is 21.6 Å². The van der Waals surface area contributed by atoms with Gasteiger partial charge in [0.25, 0.3) is 10.0 Å². The normalized spacial score (nSPS) is 14.8. The van der Waals surface area contributed by atoms with Gasteiger partial charge in [-0.1, -0.05) is 29.5 Å². The van der Waals surface area contributed by atoms with Gasteiger partial charge < -0.3 is 0 Å². The standard InChI is InChI=1S/C21H17F3N6O2S/c1-13-20-19(17-8-3-4-9-18(17)33(31,32)28(20)2)26-29(13)11-15-12-30(27-25-15)16-7-5-6-14(10-16)21(22,23)24/h3-10,12H,11H2,1-2H3. The highest BCUT2D eigenvalue weighted by Crippen LogP contribution is 2.43. The summed E-state index contributed by atoms with van der Waals surface area (Å²) in [5.74, 6) is 0. The molecular weight excluding hydrogens is 457 g/mol. The van der Waals surface area contributed by atoms with Gasteiger partial charge in [0.05, 0.1) is 34.6 Å². The third kappa shape index (κ3) is 3.37. The Morgan fingerprint density at radius 2 is 1.82 bits per heavy atom. The van der Waals surface area contributed by atoms with Crippen molar-refractivity contribution < 1.29 is 21.6 Å². The highest BCUT2D eigenvalue weighted by molar-refractivity contribution is 7.93. The highest BCUT2D eigenvalue weighted by atomic mass is 32.2. The van der Waals surface area contributed by atoms with E-state index in [2.05, 4.69) is 15.4 Å². The topological polar surface area (TPSA) is 85.9 Å². The maximum Gasteiger partial charge on any atom is 0.416 e. The number of anilines is 1. The van der Waals surface area contributed by atoms with Crippen LogP contribution in [0.2, 0.25) is 0 Å². The molecule has 1 aliphatic rings. The number of halogens is 3. The Labute approximate surface area is 186 Å². The minimum Gasteiger partial charge on any atom is -0.265 e. The van der Waals surface area contributed by atoms with Gasteiger partial charge in [-0.3, -0.25) is 8.99 Å². The lowest BCUT2D eigenvalue weighted by Gasteiger charge is -2.26. The van der Waals surface area contributed by atoms with Gasteiger partial charge >= 0.3 is 6.18 Å². The Hall–Kier alpha value is -3.67. The second kappa shape index (κ2) is 7.17. The maximum atomic E-state index is 13.0. The number of aromatic nitrogens is 5. The lowest BCUT2D eigenvalue weighted by molar-refractivity contribution is -0.137. The molecular formula is C21H17F3N6O2S. The number of sulfonamides is 1. The zero-order valence-corrected chi connectivity index (χ0v) is 18.3. The number of nitrogens with zero attached hydrogens (tertiary/aromatic N) is 6. The average Bonchev–Trinajstić information content (AvgIpc) is 3.37. The molecule has 0 fully saturated rings. The van der Waals surface area contributed by atoms with Gasteiger partial charge in [-0.15, -0.1) is 5.10 Å². The molecule has 0 radical (unpaired) electrons. The van der Waals surface area contributed by atoms with Crippen molar-refractivity contribution in [2.75, 3.05) is 11.4 Å². The smallest absolute Gasteiger partial charge is 0.265 e. The Kier molecular flexibility index (Phi) is 4.60. The van der Waals surface area contributed by atoms with Gasteiger partial charge in [-0.25, -0.2) is 13.1 Å². The first-order valence-corrected chi connectivity index (χ1v) is 11.3. The molecule has 0 N–H and O–H groups in total. The van der Waals surface area contributed by atoms with E-state index in [0.29, 0.717) is 28.3 Å². The van der Waals surface area contributed by atoms with E-state index in [1.165, 1.54) is 34.4 Å². The molecule has 0 amide bonds. The van der Waals surface area contributed by atoms with Crippen molar-refractivity contribution in [2.24, 2.45) is 0 Å². The lowest BCUT2D eigenvalue weighted by Crippen LogP contribution is -2.30. The van der Waals surface area contributed by atoms with Crippen LogP contribution in [0.1, 0.15) is 17.0 Å². The fraction of sp³-hybridized carbons (Fsp3) is 0.190. The molecule has 2 aromatic carbocycles. The van der Waals surface area contributed by atoms with Crippen LogP contribution in [-0.4, -0.2) is 40.2 Å². The summed E-state index contributed by atoms with van der Waals surface area (Å²) in [6.07, 6.45) is -2.95. The first-order valence-electron chi connectivity index (χ1n) is 9.82. The predicted molar refractivity (Wildman–Crippen MR) is 113 cm³/mol. The Balaban J connectivity index is 1.51. The van der Waals surface area contributed by atoms with E-state index in [-0.39, 0.29) is 17.1 Å². The molecule has 8 nitrogen and oxygen atoms in total. The lowest BCUT2D eigenvalue weighted by atomic mass is 10.1. The van der Waals surface area contributed by atoms with Gasteiger partial charge in [-0.05, 0) is 31.2 Å². The zero-order valence-electron chi connectivity index (χ0n) is 17.4. The monoisotopic (exact) mass is 474 g/mol. The molecule has 33 heavy (non-hydrogen) atoms. The summed E-state index contributed by atoms with van der Waals surface area (Å²) in [6.45, 7) is 1.91. The van der Waals surface area contributed by atoms with Crippen LogP contribution in [0.25, 0.3) is 16.9 Å². The number of fused-ring (bicyclic) bond motifs is 3. The summed E-state index contributed by atoms with van der Waals surface area (Å²) in [5.41, 5.74) is 2.02. The minimum absolute atomic E-state index is 0.161. The van der Waals surface area contributed by atoms with E-state index in [0.717, 1.165) is 12.1 Å². The Morgan fingerprint density at radius 3 is 2.58 bits per heavy atom.